The van der Waals surface area contributed by atoms with Gasteiger partial charge in [0.25, 0.3) is 0 Å². The third-order valence-electron chi connectivity index (χ3n) is 1.91. The quantitative estimate of drug-likeness (QED) is 0.745. The van der Waals surface area contributed by atoms with Gasteiger partial charge in [-0.05, 0) is 38.1 Å². The first kappa shape index (κ1) is 12.8. The molecular weight excluding hydrogens is 228 g/mol. The van der Waals surface area contributed by atoms with Gasteiger partial charge in [-0.3, -0.25) is 4.79 Å². The van der Waals surface area contributed by atoms with Crippen molar-refractivity contribution in [3.8, 4) is 5.75 Å². The predicted molar refractivity (Wildman–Crippen MR) is 62.8 cm³/mol. The molecule has 16 heavy (non-hydrogen) atoms. The largest absolute Gasteiger partial charge is 0.490 e. The number of rotatable bonds is 5. The van der Waals surface area contributed by atoms with Crippen molar-refractivity contribution < 1.29 is 14.3 Å². The first-order chi connectivity index (χ1) is 7.61. The van der Waals surface area contributed by atoms with Gasteiger partial charge in [-0.1, -0.05) is 11.6 Å². The summed E-state index contributed by atoms with van der Waals surface area (Å²) >= 11 is 5.74. The molecule has 0 saturated heterocycles. The fraction of sp³-hybridized carbons (Fsp3) is 0.417. The number of ether oxygens (including phenoxy) is 2. The van der Waals surface area contributed by atoms with Crippen molar-refractivity contribution in [1.29, 1.82) is 0 Å². The second kappa shape index (κ2) is 6.38. The third kappa shape index (κ3) is 4.53. The van der Waals surface area contributed by atoms with Gasteiger partial charge in [0.2, 0.25) is 0 Å². The molecule has 0 aromatic heterocycles. The molecule has 1 rings (SSSR count). The summed E-state index contributed by atoms with van der Waals surface area (Å²) in [7, 11) is 0. The summed E-state index contributed by atoms with van der Waals surface area (Å²) in [5, 5.41) is 0.658. The zero-order chi connectivity index (χ0) is 12.0. The molecule has 0 saturated carbocycles. The van der Waals surface area contributed by atoms with Gasteiger partial charge in [0.1, 0.15) is 11.9 Å². The van der Waals surface area contributed by atoms with Crippen LogP contribution in [0, 0.1) is 0 Å². The first-order valence-corrected chi connectivity index (χ1v) is 5.57. The molecule has 88 valence electrons. The van der Waals surface area contributed by atoms with Gasteiger partial charge in [-0.2, -0.15) is 0 Å². The van der Waals surface area contributed by atoms with Gasteiger partial charge in [0, 0.05) is 5.02 Å². The summed E-state index contributed by atoms with van der Waals surface area (Å²) in [6.07, 6.45) is 0.0384. The van der Waals surface area contributed by atoms with E-state index in [0.29, 0.717) is 17.4 Å². The Morgan fingerprint density at radius 1 is 1.38 bits per heavy atom. The molecule has 3 nitrogen and oxygen atoms in total. The van der Waals surface area contributed by atoms with Crippen LogP contribution in [0.25, 0.3) is 0 Å². The van der Waals surface area contributed by atoms with Crippen molar-refractivity contribution in [2.75, 3.05) is 6.61 Å². The highest BCUT2D eigenvalue weighted by molar-refractivity contribution is 6.30. The summed E-state index contributed by atoms with van der Waals surface area (Å²) in [6.45, 7) is 4.00. The summed E-state index contributed by atoms with van der Waals surface area (Å²) in [6, 6.07) is 7.02. The van der Waals surface area contributed by atoms with Crippen LogP contribution in [-0.2, 0) is 9.53 Å². The van der Waals surface area contributed by atoms with Crippen molar-refractivity contribution in [3.63, 3.8) is 0 Å². The Labute approximate surface area is 100 Å². The first-order valence-electron chi connectivity index (χ1n) is 5.19. The van der Waals surface area contributed by atoms with Gasteiger partial charge in [0.05, 0.1) is 13.0 Å². The lowest BCUT2D eigenvalue weighted by Crippen LogP contribution is -2.18. The number of esters is 1. The number of carbonyl (C=O) groups excluding carboxylic acids is 1. The molecule has 0 bridgehead atoms. The molecule has 1 atom stereocenters. The number of carbonyl (C=O) groups is 1. The van der Waals surface area contributed by atoms with Gasteiger partial charge >= 0.3 is 5.97 Å². The Bertz CT molecular complexity index is 335. The minimum Gasteiger partial charge on any atom is -0.490 e. The monoisotopic (exact) mass is 242 g/mol. The van der Waals surface area contributed by atoms with Crippen LogP contribution in [0.1, 0.15) is 20.3 Å². The van der Waals surface area contributed by atoms with Crippen molar-refractivity contribution >= 4 is 17.6 Å². The molecule has 4 heteroatoms. The van der Waals surface area contributed by atoms with Gasteiger partial charge < -0.3 is 9.47 Å². The third-order valence-corrected chi connectivity index (χ3v) is 2.16. The van der Waals surface area contributed by atoms with Crippen molar-refractivity contribution in [1.82, 2.24) is 0 Å². The minimum absolute atomic E-state index is 0.208. The Kier molecular flexibility index (Phi) is 5.12. The minimum atomic E-state index is -0.246. The molecule has 0 aliphatic carbocycles. The summed E-state index contributed by atoms with van der Waals surface area (Å²) in [5.74, 6) is 0.449. The maximum atomic E-state index is 11.2. The maximum Gasteiger partial charge on any atom is 0.309 e. The lowest BCUT2D eigenvalue weighted by Gasteiger charge is -2.13. The van der Waals surface area contributed by atoms with E-state index in [2.05, 4.69) is 0 Å². The van der Waals surface area contributed by atoms with E-state index in [1.165, 1.54) is 0 Å². The van der Waals surface area contributed by atoms with Crippen LogP contribution in [0.5, 0.6) is 5.75 Å². The number of benzene rings is 1. The molecule has 0 amide bonds. The Morgan fingerprint density at radius 3 is 2.56 bits per heavy atom. The molecule has 1 aromatic carbocycles. The van der Waals surface area contributed by atoms with E-state index >= 15 is 0 Å². The molecule has 1 aromatic rings. The van der Waals surface area contributed by atoms with Crippen LogP contribution in [0.15, 0.2) is 24.3 Å². The zero-order valence-corrected chi connectivity index (χ0v) is 10.2. The van der Waals surface area contributed by atoms with E-state index < -0.39 is 0 Å². The van der Waals surface area contributed by atoms with Crippen molar-refractivity contribution in [2.45, 2.75) is 26.4 Å². The molecule has 0 heterocycles. The van der Waals surface area contributed by atoms with E-state index in [1.807, 2.05) is 6.92 Å². The molecule has 0 fully saturated rings. The van der Waals surface area contributed by atoms with E-state index in [-0.39, 0.29) is 18.5 Å². The zero-order valence-electron chi connectivity index (χ0n) is 9.40. The Hall–Kier alpha value is -1.22. The molecule has 0 aliphatic rings. The second-order valence-electron chi connectivity index (χ2n) is 3.39. The van der Waals surface area contributed by atoms with Crippen LogP contribution in [0.2, 0.25) is 5.02 Å². The summed E-state index contributed by atoms with van der Waals surface area (Å²) in [5.41, 5.74) is 0. The number of hydrogen-bond donors (Lipinski definition) is 0. The van der Waals surface area contributed by atoms with E-state index in [9.17, 15) is 4.79 Å². The molecular formula is C12H15ClO3. The van der Waals surface area contributed by atoms with Gasteiger partial charge in [-0.25, -0.2) is 0 Å². The second-order valence-corrected chi connectivity index (χ2v) is 3.83. The molecule has 1 unspecified atom stereocenters. The Balaban J connectivity index is 2.42. The van der Waals surface area contributed by atoms with Crippen LogP contribution < -0.4 is 4.74 Å². The Morgan fingerprint density at radius 2 is 2.00 bits per heavy atom. The van der Waals surface area contributed by atoms with Crippen LogP contribution >= 0.6 is 11.6 Å². The van der Waals surface area contributed by atoms with E-state index in [0.717, 1.165) is 0 Å². The molecule has 0 aliphatic heterocycles. The average Bonchev–Trinajstić information content (AvgIpc) is 2.21. The lowest BCUT2D eigenvalue weighted by atomic mass is 10.3. The number of halogens is 1. The summed E-state index contributed by atoms with van der Waals surface area (Å²) < 4.78 is 10.4. The van der Waals surface area contributed by atoms with Gasteiger partial charge in [-0.15, -0.1) is 0 Å². The fourth-order valence-electron chi connectivity index (χ4n) is 1.24. The molecule has 0 N–H and O–H groups in total. The maximum absolute atomic E-state index is 11.2. The lowest BCUT2D eigenvalue weighted by molar-refractivity contribution is -0.144. The van der Waals surface area contributed by atoms with Crippen molar-refractivity contribution in [3.05, 3.63) is 29.3 Å². The standard InChI is InChI=1S/C12H15ClO3/c1-3-15-12(14)8-9(2)16-11-6-4-10(13)5-7-11/h4-7,9H,3,8H2,1-2H3. The SMILES string of the molecule is CCOC(=O)CC(C)Oc1ccc(Cl)cc1. The highest BCUT2D eigenvalue weighted by Crippen LogP contribution is 2.17. The highest BCUT2D eigenvalue weighted by Gasteiger charge is 2.11. The van der Waals surface area contributed by atoms with E-state index in [4.69, 9.17) is 21.1 Å². The number of hydrogen-bond acceptors (Lipinski definition) is 3. The van der Waals surface area contributed by atoms with Crippen LogP contribution in [0.3, 0.4) is 0 Å². The summed E-state index contributed by atoms with van der Waals surface area (Å²) in [4.78, 5) is 11.2. The van der Waals surface area contributed by atoms with E-state index in [1.54, 1.807) is 31.2 Å². The fourth-order valence-corrected chi connectivity index (χ4v) is 1.37. The normalized spacial score (nSPS) is 11.9. The highest BCUT2D eigenvalue weighted by atomic mass is 35.5. The average molecular weight is 243 g/mol. The van der Waals surface area contributed by atoms with Crippen molar-refractivity contribution in [2.24, 2.45) is 0 Å². The smallest absolute Gasteiger partial charge is 0.309 e. The topological polar surface area (TPSA) is 35.5 Å². The van der Waals surface area contributed by atoms with Gasteiger partial charge in [0.15, 0.2) is 0 Å². The van der Waals surface area contributed by atoms with Crippen LogP contribution in [-0.4, -0.2) is 18.7 Å². The predicted octanol–water partition coefficient (Wildman–Crippen LogP) is 3.06. The van der Waals surface area contributed by atoms with Crippen LogP contribution in [0.4, 0.5) is 0 Å². The molecule has 0 spiro atoms. The molecule has 0 radical (unpaired) electrons.